The molecule has 2 N–H and O–H groups in total. The highest BCUT2D eigenvalue weighted by molar-refractivity contribution is 7.89. The number of sulfonamides is 1. The fourth-order valence-electron chi connectivity index (χ4n) is 3.64. The molecule has 31 heavy (non-hydrogen) atoms. The van der Waals surface area contributed by atoms with E-state index in [1.807, 2.05) is 39.0 Å². The summed E-state index contributed by atoms with van der Waals surface area (Å²) in [6, 6.07) is 11.5. The van der Waals surface area contributed by atoms with Crippen molar-refractivity contribution < 1.29 is 18.0 Å². The molecule has 2 aromatic rings. The first-order chi connectivity index (χ1) is 14.7. The van der Waals surface area contributed by atoms with Crippen LogP contribution in [0.25, 0.3) is 0 Å². The van der Waals surface area contributed by atoms with Crippen molar-refractivity contribution in [2.75, 3.05) is 25.0 Å². The van der Waals surface area contributed by atoms with E-state index in [-0.39, 0.29) is 17.3 Å². The largest absolute Gasteiger partial charge is 0.343 e. The lowest BCUT2D eigenvalue weighted by Gasteiger charge is -2.30. The van der Waals surface area contributed by atoms with Crippen molar-refractivity contribution in [2.24, 2.45) is 5.92 Å². The standard InChI is InChI=1S/C23H29N3O4S/c1-16-6-5-13-26(15-16)31(29,30)20-11-9-19(10-12-20)23(28)24-14-22(27)25-21-8-4-7-17(2)18(21)3/h4,7-12,16H,5-6,13-15H2,1-3H3,(H,24,28)(H,25,27). The number of nitrogens with zero attached hydrogens (tertiary/aromatic N) is 1. The predicted octanol–water partition coefficient (Wildman–Crippen LogP) is 3.09. The quantitative estimate of drug-likeness (QED) is 0.717. The van der Waals surface area contributed by atoms with Crippen LogP contribution in [0.3, 0.4) is 0 Å². The van der Waals surface area contributed by atoms with E-state index in [0.717, 1.165) is 24.0 Å². The molecule has 2 amide bonds. The Labute approximate surface area is 183 Å². The van der Waals surface area contributed by atoms with Crippen LogP contribution in [0.1, 0.15) is 41.3 Å². The Balaban J connectivity index is 1.59. The van der Waals surface area contributed by atoms with Gasteiger partial charge in [0.05, 0.1) is 11.4 Å². The van der Waals surface area contributed by atoms with Gasteiger partial charge in [0.1, 0.15) is 0 Å². The van der Waals surface area contributed by atoms with Gasteiger partial charge in [-0.2, -0.15) is 4.31 Å². The zero-order valence-electron chi connectivity index (χ0n) is 18.1. The van der Waals surface area contributed by atoms with E-state index in [0.29, 0.717) is 30.3 Å². The number of carbonyl (C=O) groups is 2. The van der Waals surface area contributed by atoms with E-state index >= 15 is 0 Å². The van der Waals surface area contributed by atoms with Crippen LogP contribution in [0.2, 0.25) is 0 Å². The summed E-state index contributed by atoms with van der Waals surface area (Å²) in [4.78, 5) is 24.7. The summed E-state index contributed by atoms with van der Waals surface area (Å²) >= 11 is 0. The van der Waals surface area contributed by atoms with Crippen molar-refractivity contribution in [3.05, 3.63) is 59.2 Å². The van der Waals surface area contributed by atoms with Crippen molar-refractivity contribution in [3.8, 4) is 0 Å². The number of anilines is 1. The molecule has 1 atom stereocenters. The van der Waals surface area contributed by atoms with Crippen LogP contribution in [0, 0.1) is 19.8 Å². The molecule has 7 nitrogen and oxygen atoms in total. The highest BCUT2D eigenvalue weighted by Crippen LogP contribution is 2.23. The maximum Gasteiger partial charge on any atom is 0.251 e. The van der Waals surface area contributed by atoms with Crippen LogP contribution in [-0.2, 0) is 14.8 Å². The Morgan fingerprint density at radius 2 is 1.81 bits per heavy atom. The topological polar surface area (TPSA) is 95.6 Å². The number of carbonyl (C=O) groups excluding carboxylic acids is 2. The molecule has 1 heterocycles. The fourth-order valence-corrected chi connectivity index (χ4v) is 5.23. The Bertz CT molecular complexity index is 1060. The van der Waals surface area contributed by atoms with Crippen LogP contribution in [0.15, 0.2) is 47.4 Å². The molecule has 1 aliphatic heterocycles. The maximum atomic E-state index is 12.8. The van der Waals surface area contributed by atoms with Crippen LogP contribution >= 0.6 is 0 Å². The number of nitrogens with one attached hydrogen (secondary N) is 2. The van der Waals surface area contributed by atoms with Crippen LogP contribution in [-0.4, -0.2) is 44.2 Å². The van der Waals surface area contributed by atoms with E-state index < -0.39 is 15.9 Å². The van der Waals surface area contributed by atoms with Gasteiger partial charge >= 0.3 is 0 Å². The van der Waals surface area contributed by atoms with Gasteiger partial charge < -0.3 is 10.6 Å². The molecule has 3 rings (SSSR count). The lowest BCUT2D eigenvalue weighted by atomic mass is 10.0. The molecule has 0 radical (unpaired) electrons. The number of amides is 2. The molecular formula is C23H29N3O4S. The zero-order chi connectivity index (χ0) is 22.6. The van der Waals surface area contributed by atoms with Crippen LogP contribution in [0.4, 0.5) is 5.69 Å². The molecule has 0 spiro atoms. The van der Waals surface area contributed by atoms with Gasteiger partial charge in [-0.15, -0.1) is 0 Å². The van der Waals surface area contributed by atoms with Crippen molar-refractivity contribution in [3.63, 3.8) is 0 Å². The Morgan fingerprint density at radius 3 is 2.48 bits per heavy atom. The zero-order valence-corrected chi connectivity index (χ0v) is 19.0. The van der Waals surface area contributed by atoms with Gasteiger partial charge in [0.2, 0.25) is 15.9 Å². The molecule has 0 aromatic heterocycles. The summed E-state index contributed by atoms with van der Waals surface area (Å²) in [5.41, 5.74) is 3.05. The van der Waals surface area contributed by atoms with E-state index in [9.17, 15) is 18.0 Å². The summed E-state index contributed by atoms with van der Waals surface area (Å²) in [5, 5.41) is 5.36. The molecule has 1 aliphatic rings. The minimum atomic E-state index is -3.57. The minimum absolute atomic E-state index is 0.172. The van der Waals surface area contributed by atoms with Gasteiger partial charge in [-0.3, -0.25) is 9.59 Å². The molecule has 0 aliphatic carbocycles. The molecule has 1 saturated heterocycles. The van der Waals surface area contributed by atoms with Gasteiger partial charge in [-0.25, -0.2) is 8.42 Å². The SMILES string of the molecule is Cc1cccc(NC(=O)CNC(=O)c2ccc(S(=O)(=O)N3CCCC(C)C3)cc2)c1C. The second-order valence-corrected chi connectivity index (χ2v) is 10.1. The van der Waals surface area contributed by atoms with Gasteiger partial charge in [0.15, 0.2) is 0 Å². The first-order valence-corrected chi connectivity index (χ1v) is 11.9. The number of hydrogen-bond donors (Lipinski definition) is 2. The van der Waals surface area contributed by atoms with E-state index in [1.165, 1.54) is 28.6 Å². The van der Waals surface area contributed by atoms with Gasteiger partial charge in [-0.05, 0) is 74.1 Å². The average molecular weight is 444 g/mol. The van der Waals surface area contributed by atoms with Crippen molar-refractivity contribution in [2.45, 2.75) is 38.5 Å². The number of aryl methyl sites for hydroxylation is 1. The Kier molecular flexibility index (Phi) is 7.12. The number of hydrogen-bond acceptors (Lipinski definition) is 4. The third-order valence-corrected chi connectivity index (χ3v) is 7.54. The highest BCUT2D eigenvalue weighted by Gasteiger charge is 2.28. The van der Waals surface area contributed by atoms with Crippen molar-refractivity contribution >= 4 is 27.5 Å². The van der Waals surface area contributed by atoms with E-state index in [1.54, 1.807) is 0 Å². The second-order valence-electron chi connectivity index (χ2n) is 8.11. The summed E-state index contributed by atoms with van der Waals surface area (Å²) in [7, 11) is -3.57. The monoisotopic (exact) mass is 443 g/mol. The average Bonchev–Trinajstić information content (AvgIpc) is 2.75. The minimum Gasteiger partial charge on any atom is -0.343 e. The Morgan fingerprint density at radius 1 is 1.10 bits per heavy atom. The lowest BCUT2D eigenvalue weighted by Crippen LogP contribution is -2.39. The first-order valence-electron chi connectivity index (χ1n) is 10.4. The molecule has 1 fully saturated rings. The normalized spacial score (nSPS) is 17.2. The second kappa shape index (κ2) is 9.62. The van der Waals surface area contributed by atoms with Crippen LogP contribution < -0.4 is 10.6 Å². The smallest absolute Gasteiger partial charge is 0.251 e. The molecule has 1 unspecified atom stereocenters. The Hall–Kier alpha value is -2.71. The lowest BCUT2D eigenvalue weighted by molar-refractivity contribution is -0.115. The number of piperidine rings is 1. The van der Waals surface area contributed by atoms with Gasteiger partial charge in [0.25, 0.3) is 5.91 Å². The number of rotatable bonds is 6. The summed E-state index contributed by atoms with van der Waals surface area (Å²) in [6.07, 6.45) is 1.88. The summed E-state index contributed by atoms with van der Waals surface area (Å²) in [5.74, 6) is -0.435. The summed E-state index contributed by atoms with van der Waals surface area (Å²) < 4.78 is 27.2. The predicted molar refractivity (Wildman–Crippen MR) is 120 cm³/mol. The first kappa shape index (κ1) is 23.0. The van der Waals surface area contributed by atoms with Crippen LogP contribution in [0.5, 0.6) is 0 Å². The third-order valence-electron chi connectivity index (χ3n) is 5.66. The fraction of sp³-hybridized carbons (Fsp3) is 0.391. The third kappa shape index (κ3) is 5.51. The van der Waals surface area contributed by atoms with Crippen molar-refractivity contribution in [1.29, 1.82) is 0 Å². The highest BCUT2D eigenvalue weighted by atomic mass is 32.2. The van der Waals surface area contributed by atoms with E-state index in [2.05, 4.69) is 10.6 Å². The van der Waals surface area contributed by atoms with Gasteiger partial charge in [0, 0.05) is 24.3 Å². The molecule has 2 aromatic carbocycles. The molecule has 0 saturated carbocycles. The number of benzene rings is 2. The molecule has 0 bridgehead atoms. The molecule has 166 valence electrons. The van der Waals surface area contributed by atoms with Gasteiger partial charge in [-0.1, -0.05) is 19.1 Å². The molecular weight excluding hydrogens is 414 g/mol. The molecule has 8 heteroatoms. The van der Waals surface area contributed by atoms with E-state index in [4.69, 9.17) is 0 Å². The maximum absolute atomic E-state index is 12.8. The summed E-state index contributed by atoms with van der Waals surface area (Å²) in [6.45, 7) is 6.78. The van der Waals surface area contributed by atoms with Crippen molar-refractivity contribution in [1.82, 2.24) is 9.62 Å².